The van der Waals surface area contributed by atoms with E-state index in [0.29, 0.717) is 17.3 Å². The molecule has 1 unspecified atom stereocenters. The van der Waals surface area contributed by atoms with Gasteiger partial charge in [0.05, 0.1) is 12.7 Å². The van der Waals surface area contributed by atoms with Crippen molar-refractivity contribution in [2.45, 2.75) is 85.2 Å². The van der Waals surface area contributed by atoms with Crippen LogP contribution in [-0.4, -0.2) is 17.8 Å². The van der Waals surface area contributed by atoms with E-state index in [-0.39, 0.29) is 11.3 Å². The average molecular weight is 359 g/mol. The first-order valence-corrected chi connectivity index (χ1v) is 10.4. The summed E-state index contributed by atoms with van der Waals surface area (Å²) < 4.78 is 5.53. The Bertz CT molecular complexity index is 660. The SMILES string of the molecule is COc1cc(C)cc([C@H](C)[C@@H]2[C@@]3(C)CCCC(C)(C)C3CC[C@@]2(C)O)c1. The predicted octanol–water partition coefficient (Wildman–Crippen LogP) is 6.10. The molecule has 1 aromatic carbocycles. The number of aliphatic hydroxyl groups is 1. The van der Waals surface area contributed by atoms with Gasteiger partial charge < -0.3 is 9.84 Å². The molecule has 2 nitrogen and oxygen atoms in total. The van der Waals surface area contributed by atoms with E-state index in [0.717, 1.165) is 18.6 Å². The molecule has 0 amide bonds. The third kappa shape index (κ3) is 3.19. The molecular formula is C24H38O2. The van der Waals surface area contributed by atoms with E-state index in [4.69, 9.17) is 4.74 Å². The van der Waals surface area contributed by atoms with Crippen LogP contribution >= 0.6 is 0 Å². The highest BCUT2D eigenvalue weighted by Gasteiger charge is 2.59. The molecule has 2 aliphatic carbocycles. The minimum Gasteiger partial charge on any atom is -0.497 e. The molecule has 0 heterocycles. The molecular weight excluding hydrogens is 320 g/mol. The maximum Gasteiger partial charge on any atom is 0.119 e. The number of methoxy groups -OCH3 is 1. The van der Waals surface area contributed by atoms with Crippen molar-refractivity contribution < 1.29 is 9.84 Å². The fourth-order valence-corrected chi connectivity index (χ4v) is 7.02. The molecule has 2 aliphatic rings. The molecule has 2 saturated carbocycles. The summed E-state index contributed by atoms with van der Waals surface area (Å²) in [4.78, 5) is 0. The van der Waals surface area contributed by atoms with Crippen molar-refractivity contribution >= 4 is 0 Å². The molecule has 0 bridgehead atoms. The van der Waals surface area contributed by atoms with Crippen LogP contribution in [0.3, 0.4) is 0 Å². The van der Waals surface area contributed by atoms with Crippen LogP contribution < -0.4 is 4.74 Å². The Morgan fingerprint density at radius 3 is 2.42 bits per heavy atom. The standard InChI is InChI=1S/C24H38O2/c1-16-13-18(15-19(14-16)26-7)17(2)21-23(5)11-8-10-22(3,4)20(23)9-12-24(21,6)25/h13-15,17,20-21,25H,8-12H2,1-7H3/t17-,20?,21+,23-,24+/m0/s1. The van der Waals surface area contributed by atoms with Gasteiger partial charge in [-0.2, -0.15) is 0 Å². The van der Waals surface area contributed by atoms with Gasteiger partial charge in [-0.15, -0.1) is 0 Å². The Labute approximate surface area is 160 Å². The number of rotatable bonds is 3. The number of aryl methyl sites for hydroxylation is 1. The predicted molar refractivity (Wildman–Crippen MR) is 109 cm³/mol. The van der Waals surface area contributed by atoms with Crippen molar-refractivity contribution in [2.24, 2.45) is 22.7 Å². The normalized spacial score (nSPS) is 37.7. The third-order valence-corrected chi connectivity index (χ3v) is 7.93. The van der Waals surface area contributed by atoms with Crippen LogP contribution in [0.5, 0.6) is 5.75 Å². The zero-order valence-corrected chi connectivity index (χ0v) is 17.9. The summed E-state index contributed by atoms with van der Waals surface area (Å²) in [6, 6.07) is 6.54. The molecule has 5 atom stereocenters. The van der Waals surface area contributed by atoms with Crippen LogP contribution in [0.15, 0.2) is 18.2 Å². The van der Waals surface area contributed by atoms with Crippen LogP contribution in [0.25, 0.3) is 0 Å². The van der Waals surface area contributed by atoms with Crippen molar-refractivity contribution in [2.75, 3.05) is 7.11 Å². The fraction of sp³-hybridized carbons (Fsp3) is 0.750. The van der Waals surface area contributed by atoms with Crippen LogP contribution in [0.1, 0.15) is 83.8 Å². The largest absolute Gasteiger partial charge is 0.497 e. The van der Waals surface area contributed by atoms with Crippen molar-refractivity contribution in [3.8, 4) is 5.75 Å². The second-order valence-electron chi connectivity index (χ2n) is 10.3. The van der Waals surface area contributed by atoms with Gasteiger partial charge in [0.1, 0.15) is 5.75 Å². The van der Waals surface area contributed by atoms with E-state index in [1.807, 2.05) is 0 Å². The van der Waals surface area contributed by atoms with Crippen LogP contribution in [0.2, 0.25) is 0 Å². The minimum atomic E-state index is -0.616. The van der Waals surface area contributed by atoms with Gasteiger partial charge in [0.2, 0.25) is 0 Å². The zero-order chi connectivity index (χ0) is 19.3. The number of hydrogen-bond acceptors (Lipinski definition) is 2. The van der Waals surface area contributed by atoms with Gasteiger partial charge in [-0.3, -0.25) is 0 Å². The van der Waals surface area contributed by atoms with Crippen molar-refractivity contribution in [3.63, 3.8) is 0 Å². The van der Waals surface area contributed by atoms with Crippen LogP contribution in [-0.2, 0) is 0 Å². The number of hydrogen-bond donors (Lipinski definition) is 1. The van der Waals surface area contributed by atoms with E-state index in [1.165, 1.54) is 30.4 Å². The molecule has 2 fully saturated rings. The Morgan fingerprint density at radius 1 is 1.08 bits per heavy atom. The van der Waals surface area contributed by atoms with Crippen LogP contribution in [0.4, 0.5) is 0 Å². The lowest BCUT2D eigenvalue weighted by atomic mass is 9.43. The maximum absolute atomic E-state index is 11.5. The van der Waals surface area contributed by atoms with E-state index in [9.17, 15) is 5.11 Å². The number of benzene rings is 1. The summed E-state index contributed by atoms with van der Waals surface area (Å²) >= 11 is 0. The Hall–Kier alpha value is -1.02. The smallest absolute Gasteiger partial charge is 0.119 e. The van der Waals surface area contributed by atoms with E-state index in [1.54, 1.807) is 7.11 Å². The Balaban J connectivity index is 2.06. The first-order valence-electron chi connectivity index (χ1n) is 10.4. The second-order valence-corrected chi connectivity index (χ2v) is 10.3. The zero-order valence-electron chi connectivity index (χ0n) is 17.9. The quantitative estimate of drug-likeness (QED) is 0.707. The van der Waals surface area contributed by atoms with Crippen molar-refractivity contribution in [1.82, 2.24) is 0 Å². The van der Waals surface area contributed by atoms with Gasteiger partial charge in [0.25, 0.3) is 0 Å². The van der Waals surface area contributed by atoms with E-state index < -0.39 is 5.60 Å². The van der Waals surface area contributed by atoms with Crippen LogP contribution in [0, 0.1) is 29.6 Å². The molecule has 1 aromatic rings. The highest BCUT2D eigenvalue weighted by atomic mass is 16.5. The number of fused-ring (bicyclic) bond motifs is 1. The lowest BCUT2D eigenvalue weighted by molar-refractivity contribution is -0.173. The van der Waals surface area contributed by atoms with Crippen molar-refractivity contribution in [3.05, 3.63) is 29.3 Å². The lowest BCUT2D eigenvalue weighted by Crippen LogP contribution is -2.58. The topological polar surface area (TPSA) is 29.5 Å². The summed E-state index contributed by atoms with van der Waals surface area (Å²) in [5.74, 6) is 2.18. The van der Waals surface area contributed by atoms with Gasteiger partial charge in [0, 0.05) is 0 Å². The maximum atomic E-state index is 11.5. The summed E-state index contributed by atoms with van der Waals surface area (Å²) in [7, 11) is 1.74. The fourth-order valence-electron chi connectivity index (χ4n) is 7.02. The molecule has 26 heavy (non-hydrogen) atoms. The molecule has 0 spiro atoms. The highest BCUT2D eigenvalue weighted by molar-refractivity contribution is 5.36. The first-order chi connectivity index (χ1) is 12.0. The van der Waals surface area contributed by atoms with Gasteiger partial charge in [-0.1, -0.05) is 40.2 Å². The molecule has 0 saturated heterocycles. The second kappa shape index (κ2) is 6.55. The summed E-state index contributed by atoms with van der Waals surface area (Å²) in [6.07, 6.45) is 5.88. The lowest BCUT2D eigenvalue weighted by Gasteiger charge is -2.62. The molecule has 0 aromatic heterocycles. The van der Waals surface area contributed by atoms with Gasteiger partial charge in [-0.05, 0) is 91.4 Å². The third-order valence-electron chi connectivity index (χ3n) is 7.93. The molecule has 2 heteroatoms. The van der Waals surface area contributed by atoms with Crippen molar-refractivity contribution in [1.29, 1.82) is 0 Å². The first kappa shape index (κ1) is 19.7. The molecule has 146 valence electrons. The number of ether oxygens (including phenoxy) is 1. The van der Waals surface area contributed by atoms with Gasteiger partial charge >= 0.3 is 0 Å². The monoisotopic (exact) mass is 358 g/mol. The average Bonchev–Trinajstić information content (AvgIpc) is 2.51. The molecule has 0 radical (unpaired) electrons. The summed E-state index contributed by atoms with van der Waals surface area (Å²) in [6.45, 7) is 13.9. The minimum absolute atomic E-state index is 0.180. The Morgan fingerprint density at radius 2 is 1.77 bits per heavy atom. The summed E-state index contributed by atoms with van der Waals surface area (Å²) in [5.41, 5.74) is 2.46. The highest BCUT2D eigenvalue weighted by Crippen LogP contribution is 2.64. The summed E-state index contributed by atoms with van der Waals surface area (Å²) in [5, 5.41) is 11.5. The van der Waals surface area contributed by atoms with E-state index >= 15 is 0 Å². The Kier molecular flexibility index (Phi) is 4.97. The molecule has 1 N–H and O–H groups in total. The molecule has 0 aliphatic heterocycles. The van der Waals surface area contributed by atoms with Gasteiger partial charge in [0.15, 0.2) is 0 Å². The van der Waals surface area contributed by atoms with Gasteiger partial charge in [-0.25, -0.2) is 0 Å². The van der Waals surface area contributed by atoms with E-state index in [2.05, 4.69) is 59.7 Å². The molecule has 3 rings (SSSR count).